The fraction of sp³-hybridized carbons (Fsp3) is 0.500. The number of fused-ring (bicyclic) bond motifs is 3. The lowest BCUT2D eigenvalue weighted by molar-refractivity contribution is -0.0864. The summed E-state index contributed by atoms with van der Waals surface area (Å²) in [5.41, 5.74) is 2.24. The molecule has 2 heterocycles. The van der Waals surface area contributed by atoms with Gasteiger partial charge in [-0.2, -0.15) is 5.10 Å². The lowest BCUT2D eigenvalue weighted by atomic mass is 10.1. The van der Waals surface area contributed by atoms with Crippen LogP contribution in [0.3, 0.4) is 0 Å². The van der Waals surface area contributed by atoms with Gasteiger partial charge in [0.15, 0.2) is 6.23 Å². The second kappa shape index (κ2) is 4.37. The molecule has 2 aromatic rings. The largest absolute Gasteiger partial charge is 0.355 e. The molecule has 0 radical (unpaired) electrons. The van der Waals surface area contributed by atoms with E-state index in [1.54, 1.807) is 0 Å². The standard InChI is InChI=1S/C14H19N3O/c1-10(2)16(3)14-13-11-6-4-5-7-12(11)15-17(13)8-9-18-14/h4-7,10,14H,8-9H2,1-3H3. The number of benzene rings is 1. The van der Waals surface area contributed by atoms with Crippen molar-refractivity contribution in [3.8, 4) is 0 Å². The molecule has 0 aliphatic carbocycles. The van der Waals surface area contributed by atoms with Crippen molar-refractivity contribution in [1.29, 1.82) is 0 Å². The van der Waals surface area contributed by atoms with Crippen LogP contribution < -0.4 is 0 Å². The molecule has 96 valence electrons. The average molecular weight is 245 g/mol. The van der Waals surface area contributed by atoms with Crippen molar-refractivity contribution in [3.05, 3.63) is 30.0 Å². The van der Waals surface area contributed by atoms with Crippen molar-refractivity contribution in [2.24, 2.45) is 0 Å². The van der Waals surface area contributed by atoms with Gasteiger partial charge in [0.05, 0.1) is 24.4 Å². The molecule has 0 spiro atoms. The van der Waals surface area contributed by atoms with Gasteiger partial charge < -0.3 is 4.74 Å². The topological polar surface area (TPSA) is 30.3 Å². The maximum Gasteiger partial charge on any atom is 0.154 e. The Morgan fingerprint density at radius 1 is 1.39 bits per heavy atom. The van der Waals surface area contributed by atoms with Crippen molar-refractivity contribution >= 4 is 10.9 Å². The van der Waals surface area contributed by atoms with Crippen molar-refractivity contribution in [2.45, 2.75) is 32.7 Å². The molecule has 4 nitrogen and oxygen atoms in total. The highest BCUT2D eigenvalue weighted by Crippen LogP contribution is 2.32. The van der Waals surface area contributed by atoms with Crippen LogP contribution in [0.1, 0.15) is 25.8 Å². The molecule has 0 fully saturated rings. The van der Waals surface area contributed by atoms with Gasteiger partial charge in [-0.05, 0) is 27.0 Å². The SMILES string of the molecule is CC(C)N(C)C1OCCn2nc3ccccc3c21. The van der Waals surface area contributed by atoms with E-state index < -0.39 is 0 Å². The Morgan fingerprint density at radius 3 is 2.94 bits per heavy atom. The Kier molecular flexibility index (Phi) is 2.84. The molecule has 0 saturated carbocycles. The van der Waals surface area contributed by atoms with Crippen LogP contribution in [0.2, 0.25) is 0 Å². The smallest absolute Gasteiger partial charge is 0.154 e. The normalized spacial score (nSPS) is 19.7. The zero-order valence-electron chi connectivity index (χ0n) is 11.1. The van der Waals surface area contributed by atoms with E-state index in [0.29, 0.717) is 6.04 Å². The molecule has 1 unspecified atom stereocenters. The van der Waals surface area contributed by atoms with E-state index in [0.717, 1.165) is 18.7 Å². The van der Waals surface area contributed by atoms with Crippen molar-refractivity contribution in [3.63, 3.8) is 0 Å². The molecule has 18 heavy (non-hydrogen) atoms. The van der Waals surface area contributed by atoms with Gasteiger partial charge in [-0.3, -0.25) is 9.58 Å². The van der Waals surface area contributed by atoms with Crippen LogP contribution in [0, 0.1) is 0 Å². The number of hydrogen-bond acceptors (Lipinski definition) is 3. The first-order valence-corrected chi connectivity index (χ1v) is 6.47. The maximum absolute atomic E-state index is 5.96. The minimum atomic E-state index is 0.00569. The summed E-state index contributed by atoms with van der Waals surface area (Å²) in [6.07, 6.45) is 0.00569. The summed E-state index contributed by atoms with van der Waals surface area (Å²) in [4.78, 5) is 2.25. The summed E-state index contributed by atoms with van der Waals surface area (Å²) in [7, 11) is 2.10. The summed E-state index contributed by atoms with van der Waals surface area (Å²) < 4.78 is 8.05. The third kappa shape index (κ3) is 1.72. The van der Waals surface area contributed by atoms with E-state index in [9.17, 15) is 0 Å². The van der Waals surface area contributed by atoms with Gasteiger partial charge in [0.1, 0.15) is 0 Å². The summed E-state index contributed by atoms with van der Waals surface area (Å²) in [5, 5.41) is 5.86. The lowest BCUT2D eigenvalue weighted by Gasteiger charge is -2.34. The number of nitrogens with zero attached hydrogens (tertiary/aromatic N) is 3. The average Bonchev–Trinajstić information content (AvgIpc) is 2.76. The first kappa shape index (κ1) is 11.7. The van der Waals surface area contributed by atoms with Gasteiger partial charge in [-0.15, -0.1) is 0 Å². The second-order valence-electron chi connectivity index (χ2n) is 5.11. The number of ether oxygens (including phenoxy) is 1. The summed E-state index contributed by atoms with van der Waals surface area (Å²) in [6, 6.07) is 8.72. The van der Waals surface area contributed by atoms with Gasteiger partial charge in [0, 0.05) is 11.4 Å². The Balaban J connectivity index is 2.14. The van der Waals surface area contributed by atoms with E-state index in [1.807, 2.05) is 6.07 Å². The van der Waals surface area contributed by atoms with E-state index >= 15 is 0 Å². The summed E-state index contributed by atoms with van der Waals surface area (Å²) in [6.45, 7) is 5.93. The zero-order chi connectivity index (χ0) is 12.7. The van der Waals surface area contributed by atoms with E-state index in [1.165, 1.54) is 11.1 Å². The summed E-state index contributed by atoms with van der Waals surface area (Å²) in [5.74, 6) is 0. The van der Waals surface area contributed by atoms with Crippen LogP contribution >= 0.6 is 0 Å². The third-order valence-electron chi connectivity index (χ3n) is 3.68. The van der Waals surface area contributed by atoms with Crippen molar-refractivity contribution < 1.29 is 4.74 Å². The van der Waals surface area contributed by atoms with Crippen LogP contribution in [-0.4, -0.2) is 34.4 Å². The van der Waals surface area contributed by atoms with Crippen LogP contribution in [0.25, 0.3) is 10.9 Å². The van der Waals surface area contributed by atoms with E-state index in [2.05, 4.69) is 53.8 Å². The van der Waals surface area contributed by atoms with E-state index in [4.69, 9.17) is 4.74 Å². The number of aromatic nitrogens is 2. The monoisotopic (exact) mass is 245 g/mol. The molecule has 0 N–H and O–H groups in total. The molecular weight excluding hydrogens is 226 g/mol. The van der Waals surface area contributed by atoms with Crippen molar-refractivity contribution in [2.75, 3.05) is 13.7 Å². The quantitative estimate of drug-likeness (QED) is 0.814. The van der Waals surface area contributed by atoms with Crippen LogP contribution in [0.15, 0.2) is 24.3 Å². The van der Waals surface area contributed by atoms with Crippen LogP contribution in [0.5, 0.6) is 0 Å². The maximum atomic E-state index is 5.96. The highest BCUT2D eigenvalue weighted by molar-refractivity contribution is 5.81. The molecule has 3 rings (SSSR count). The van der Waals surface area contributed by atoms with Gasteiger partial charge in [-0.1, -0.05) is 18.2 Å². The molecule has 1 aromatic carbocycles. The Hall–Kier alpha value is -1.39. The fourth-order valence-corrected chi connectivity index (χ4v) is 2.44. The molecule has 1 aliphatic heterocycles. The fourth-order valence-electron chi connectivity index (χ4n) is 2.44. The number of hydrogen-bond donors (Lipinski definition) is 0. The van der Waals surface area contributed by atoms with Crippen molar-refractivity contribution in [1.82, 2.24) is 14.7 Å². The van der Waals surface area contributed by atoms with Crippen LogP contribution in [-0.2, 0) is 11.3 Å². The Morgan fingerprint density at radius 2 is 2.17 bits per heavy atom. The molecule has 1 aliphatic rings. The Bertz CT molecular complexity index is 561. The summed E-state index contributed by atoms with van der Waals surface area (Å²) >= 11 is 0. The molecule has 0 amide bonds. The zero-order valence-corrected chi connectivity index (χ0v) is 11.1. The molecule has 0 saturated heterocycles. The predicted octanol–water partition coefficient (Wildman–Crippen LogP) is 2.41. The highest BCUT2D eigenvalue weighted by atomic mass is 16.5. The third-order valence-corrected chi connectivity index (χ3v) is 3.68. The van der Waals surface area contributed by atoms with Gasteiger partial charge in [0.25, 0.3) is 0 Å². The number of rotatable bonds is 2. The molecule has 0 bridgehead atoms. The molecule has 1 atom stereocenters. The minimum Gasteiger partial charge on any atom is -0.355 e. The van der Waals surface area contributed by atoms with Crippen LogP contribution in [0.4, 0.5) is 0 Å². The first-order valence-electron chi connectivity index (χ1n) is 6.47. The predicted molar refractivity (Wildman–Crippen MR) is 71.3 cm³/mol. The highest BCUT2D eigenvalue weighted by Gasteiger charge is 2.29. The molecule has 4 heteroatoms. The first-order chi connectivity index (χ1) is 8.68. The molecule has 1 aromatic heterocycles. The van der Waals surface area contributed by atoms with Gasteiger partial charge >= 0.3 is 0 Å². The Labute approximate surface area is 107 Å². The van der Waals surface area contributed by atoms with Gasteiger partial charge in [0.2, 0.25) is 0 Å². The minimum absolute atomic E-state index is 0.00569. The van der Waals surface area contributed by atoms with E-state index in [-0.39, 0.29) is 6.23 Å². The molecular formula is C14H19N3O. The second-order valence-corrected chi connectivity index (χ2v) is 5.11. The lowest BCUT2D eigenvalue weighted by Crippen LogP contribution is -2.37. The van der Waals surface area contributed by atoms with Gasteiger partial charge in [-0.25, -0.2) is 0 Å².